The molecule has 31 heavy (non-hydrogen) atoms. The molecule has 0 radical (unpaired) electrons. The third-order valence-corrected chi connectivity index (χ3v) is 5.01. The summed E-state index contributed by atoms with van der Waals surface area (Å²) in [5.41, 5.74) is 3.85. The molecule has 0 saturated carbocycles. The minimum absolute atomic E-state index is 0.0276. The van der Waals surface area contributed by atoms with E-state index in [0.29, 0.717) is 10.8 Å². The highest BCUT2D eigenvalue weighted by molar-refractivity contribution is 7.98. The number of nitrogens with one attached hydrogen (secondary N) is 3. The number of carbonyl (C=O) groups excluding carboxylic acids is 3. The van der Waals surface area contributed by atoms with Crippen molar-refractivity contribution in [1.82, 2.24) is 16.2 Å². The number of hydrazine groups is 1. The molecule has 3 N–H and O–H groups in total. The molecule has 0 saturated heterocycles. The number of carbonyl (C=O) groups is 3. The van der Waals surface area contributed by atoms with Crippen molar-refractivity contribution in [2.45, 2.75) is 18.6 Å². The molecule has 0 aliphatic carbocycles. The van der Waals surface area contributed by atoms with Crippen molar-refractivity contribution in [3.05, 3.63) is 70.2 Å². The number of thioether (sulfide) groups is 1. The van der Waals surface area contributed by atoms with Crippen LogP contribution in [0.3, 0.4) is 0 Å². The monoisotopic (exact) mass is 473 g/mol. The summed E-state index contributed by atoms with van der Waals surface area (Å²) in [6, 6.07) is 8.62. The maximum Gasteiger partial charge on any atom is 0.416 e. The van der Waals surface area contributed by atoms with Gasteiger partial charge in [0.2, 0.25) is 0 Å². The van der Waals surface area contributed by atoms with Gasteiger partial charge in [0.05, 0.1) is 5.56 Å². The average Bonchev–Trinajstić information content (AvgIpc) is 2.74. The second kappa shape index (κ2) is 11.1. The predicted octanol–water partition coefficient (Wildman–Crippen LogP) is 3.67. The van der Waals surface area contributed by atoms with E-state index in [-0.39, 0.29) is 17.5 Å². The average molecular weight is 474 g/mol. The Labute approximate surface area is 185 Å². The zero-order chi connectivity index (χ0) is 23.0. The summed E-state index contributed by atoms with van der Waals surface area (Å²) in [4.78, 5) is 37.0. The predicted molar refractivity (Wildman–Crippen MR) is 113 cm³/mol. The lowest BCUT2D eigenvalue weighted by molar-refractivity contribution is -0.137. The summed E-state index contributed by atoms with van der Waals surface area (Å²) in [7, 11) is 0. The smallest absolute Gasteiger partial charge is 0.340 e. The molecule has 0 fully saturated rings. The molecule has 0 bridgehead atoms. The zero-order valence-electron chi connectivity index (χ0n) is 16.3. The Morgan fingerprint density at radius 1 is 0.935 bits per heavy atom. The molecule has 11 heteroatoms. The van der Waals surface area contributed by atoms with E-state index in [4.69, 9.17) is 11.6 Å². The van der Waals surface area contributed by atoms with Gasteiger partial charge in [-0.15, -0.1) is 0 Å². The highest BCUT2D eigenvalue weighted by atomic mass is 35.5. The molecule has 2 aromatic carbocycles. The van der Waals surface area contributed by atoms with Crippen LogP contribution in [0.2, 0.25) is 5.02 Å². The van der Waals surface area contributed by atoms with Crippen LogP contribution in [0.1, 0.15) is 32.7 Å². The molecule has 0 aliphatic heterocycles. The molecule has 1 unspecified atom stereocenters. The standard InChI is InChI=1S/C20H19ClF3N3O3S/c1-31-11-10-16(19(30)27-26-18(29)13-4-8-15(21)9-5-13)25-17(28)12-2-6-14(7-3-12)20(22,23)24/h2-9,16H,10-11H2,1H3,(H,25,28)(H,26,29)(H,27,30). The second-order valence-electron chi connectivity index (χ2n) is 6.33. The number of rotatable bonds is 7. The van der Waals surface area contributed by atoms with E-state index in [0.717, 1.165) is 24.3 Å². The number of hydrogen-bond donors (Lipinski definition) is 3. The number of amides is 3. The Kier molecular flexibility index (Phi) is 8.76. The summed E-state index contributed by atoms with van der Waals surface area (Å²) < 4.78 is 38.0. The lowest BCUT2D eigenvalue weighted by Gasteiger charge is -2.18. The molecule has 0 aliphatic rings. The molecular weight excluding hydrogens is 455 g/mol. The van der Waals surface area contributed by atoms with Gasteiger partial charge in [0, 0.05) is 16.1 Å². The van der Waals surface area contributed by atoms with Crippen LogP contribution >= 0.6 is 23.4 Å². The largest absolute Gasteiger partial charge is 0.416 e. The number of hydrogen-bond acceptors (Lipinski definition) is 4. The van der Waals surface area contributed by atoms with E-state index in [1.165, 1.54) is 36.0 Å². The van der Waals surface area contributed by atoms with Crippen LogP contribution in [0, 0.1) is 0 Å². The van der Waals surface area contributed by atoms with Crippen molar-refractivity contribution in [1.29, 1.82) is 0 Å². The summed E-state index contributed by atoms with van der Waals surface area (Å²) >= 11 is 7.21. The van der Waals surface area contributed by atoms with Crippen molar-refractivity contribution >= 4 is 41.1 Å². The number of halogens is 4. The lowest BCUT2D eigenvalue weighted by atomic mass is 10.1. The zero-order valence-corrected chi connectivity index (χ0v) is 17.8. The quantitative estimate of drug-likeness (QED) is 0.535. The van der Waals surface area contributed by atoms with E-state index in [2.05, 4.69) is 16.2 Å². The normalized spacial score (nSPS) is 12.0. The molecule has 166 valence electrons. The second-order valence-corrected chi connectivity index (χ2v) is 7.75. The summed E-state index contributed by atoms with van der Waals surface area (Å²) in [5.74, 6) is -1.44. The molecule has 3 amide bonds. The fraction of sp³-hybridized carbons (Fsp3) is 0.250. The Morgan fingerprint density at radius 2 is 1.48 bits per heavy atom. The van der Waals surface area contributed by atoms with Gasteiger partial charge in [-0.3, -0.25) is 25.2 Å². The number of benzene rings is 2. The highest BCUT2D eigenvalue weighted by Gasteiger charge is 2.30. The van der Waals surface area contributed by atoms with E-state index < -0.39 is 35.5 Å². The first-order valence-electron chi connectivity index (χ1n) is 8.94. The topological polar surface area (TPSA) is 87.3 Å². The van der Waals surface area contributed by atoms with Gasteiger partial charge in [-0.05, 0) is 67.0 Å². The third-order valence-electron chi connectivity index (χ3n) is 4.11. The fourth-order valence-corrected chi connectivity index (χ4v) is 3.03. The van der Waals surface area contributed by atoms with Gasteiger partial charge in [-0.2, -0.15) is 24.9 Å². The first-order chi connectivity index (χ1) is 14.6. The molecule has 1 atom stereocenters. The van der Waals surface area contributed by atoms with E-state index in [1.807, 2.05) is 6.26 Å². The van der Waals surface area contributed by atoms with Crippen LogP contribution in [0.5, 0.6) is 0 Å². The molecular formula is C20H19ClF3N3O3S. The molecule has 2 aromatic rings. The molecule has 0 spiro atoms. The van der Waals surface area contributed by atoms with Gasteiger partial charge in [-0.1, -0.05) is 11.6 Å². The van der Waals surface area contributed by atoms with Gasteiger partial charge in [0.1, 0.15) is 6.04 Å². The van der Waals surface area contributed by atoms with Crippen molar-refractivity contribution in [2.75, 3.05) is 12.0 Å². The Hall–Kier alpha value is -2.72. The summed E-state index contributed by atoms with van der Waals surface area (Å²) in [5, 5.41) is 2.93. The van der Waals surface area contributed by atoms with Gasteiger partial charge in [0.25, 0.3) is 17.7 Å². The molecule has 6 nitrogen and oxygen atoms in total. The van der Waals surface area contributed by atoms with E-state index in [1.54, 1.807) is 0 Å². The van der Waals surface area contributed by atoms with Crippen molar-refractivity contribution in [3.8, 4) is 0 Å². The summed E-state index contributed by atoms with van der Waals surface area (Å²) in [6.07, 6.45) is -2.46. The molecule has 0 aromatic heterocycles. The van der Waals surface area contributed by atoms with Crippen LogP contribution in [0.25, 0.3) is 0 Å². The van der Waals surface area contributed by atoms with Crippen LogP contribution < -0.4 is 16.2 Å². The van der Waals surface area contributed by atoms with Gasteiger partial charge in [-0.25, -0.2) is 0 Å². The number of alkyl halides is 3. The maximum atomic E-state index is 12.7. The minimum Gasteiger partial charge on any atom is -0.340 e. The van der Waals surface area contributed by atoms with Crippen LogP contribution in [0.15, 0.2) is 48.5 Å². The summed E-state index contributed by atoms with van der Waals surface area (Å²) in [6.45, 7) is 0. The lowest BCUT2D eigenvalue weighted by Crippen LogP contribution is -2.52. The Morgan fingerprint density at radius 3 is 2.03 bits per heavy atom. The van der Waals surface area contributed by atoms with Crippen LogP contribution in [-0.4, -0.2) is 35.8 Å². The third kappa shape index (κ3) is 7.48. The first kappa shape index (κ1) is 24.5. The molecule has 2 rings (SSSR count). The van der Waals surface area contributed by atoms with Gasteiger partial charge in [0.15, 0.2) is 0 Å². The van der Waals surface area contributed by atoms with Crippen LogP contribution in [-0.2, 0) is 11.0 Å². The minimum atomic E-state index is -4.52. The van der Waals surface area contributed by atoms with Crippen LogP contribution in [0.4, 0.5) is 13.2 Å². The van der Waals surface area contributed by atoms with Crippen molar-refractivity contribution < 1.29 is 27.6 Å². The molecule has 0 heterocycles. The highest BCUT2D eigenvalue weighted by Crippen LogP contribution is 2.29. The maximum absolute atomic E-state index is 12.7. The Balaban J connectivity index is 2.01. The van der Waals surface area contributed by atoms with Gasteiger partial charge < -0.3 is 5.32 Å². The first-order valence-corrected chi connectivity index (χ1v) is 10.7. The van der Waals surface area contributed by atoms with Crippen molar-refractivity contribution in [3.63, 3.8) is 0 Å². The van der Waals surface area contributed by atoms with E-state index >= 15 is 0 Å². The fourth-order valence-electron chi connectivity index (χ4n) is 2.44. The SMILES string of the molecule is CSCCC(NC(=O)c1ccc(C(F)(F)F)cc1)C(=O)NNC(=O)c1ccc(Cl)cc1. The Bertz CT molecular complexity index is 922. The van der Waals surface area contributed by atoms with Crippen molar-refractivity contribution in [2.24, 2.45) is 0 Å². The van der Waals surface area contributed by atoms with Gasteiger partial charge >= 0.3 is 6.18 Å². The van der Waals surface area contributed by atoms with E-state index in [9.17, 15) is 27.6 Å².